The van der Waals surface area contributed by atoms with Gasteiger partial charge in [0, 0.05) is 17.1 Å². The molecule has 1 aromatic heterocycles. The van der Waals surface area contributed by atoms with Gasteiger partial charge in [-0.05, 0) is 31.4 Å². The number of fused-ring (bicyclic) bond motifs is 1. The fourth-order valence-electron chi connectivity index (χ4n) is 2.03. The standard InChI is InChI=1S/C14H17NO2/c1-9(14(2,3)13(16)17)11-8-15-12-7-5-4-6-10(11)12/h4-9,15H,1-3H3,(H,16,17). The van der Waals surface area contributed by atoms with Crippen molar-refractivity contribution in [3.8, 4) is 0 Å². The molecule has 1 atom stereocenters. The van der Waals surface area contributed by atoms with Crippen molar-refractivity contribution in [1.29, 1.82) is 0 Å². The van der Waals surface area contributed by atoms with Crippen LogP contribution in [0.25, 0.3) is 10.9 Å². The Hall–Kier alpha value is -1.77. The van der Waals surface area contributed by atoms with Crippen LogP contribution in [0.3, 0.4) is 0 Å². The molecule has 0 aliphatic carbocycles. The lowest BCUT2D eigenvalue weighted by Crippen LogP contribution is -2.29. The minimum Gasteiger partial charge on any atom is -0.481 e. The summed E-state index contributed by atoms with van der Waals surface area (Å²) in [5.74, 6) is -0.813. The van der Waals surface area contributed by atoms with Gasteiger partial charge in [-0.2, -0.15) is 0 Å². The maximum absolute atomic E-state index is 11.3. The van der Waals surface area contributed by atoms with Crippen LogP contribution >= 0.6 is 0 Å². The van der Waals surface area contributed by atoms with Gasteiger partial charge in [0.05, 0.1) is 5.41 Å². The Morgan fingerprint density at radius 1 is 1.35 bits per heavy atom. The lowest BCUT2D eigenvalue weighted by atomic mass is 9.76. The molecule has 2 aromatic rings. The van der Waals surface area contributed by atoms with Gasteiger partial charge in [-0.1, -0.05) is 25.1 Å². The summed E-state index contributed by atoms with van der Waals surface area (Å²) in [4.78, 5) is 14.5. The Morgan fingerprint density at radius 2 is 2.00 bits per heavy atom. The van der Waals surface area contributed by atoms with E-state index in [9.17, 15) is 9.90 Å². The monoisotopic (exact) mass is 231 g/mol. The second-order valence-electron chi connectivity index (χ2n) is 5.04. The summed E-state index contributed by atoms with van der Waals surface area (Å²) in [6.45, 7) is 5.49. The van der Waals surface area contributed by atoms with Crippen LogP contribution in [-0.2, 0) is 4.79 Å². The Kier molecular flexibility index (Phi) is 2.69. The number of hydrogen-bond donors (Lipinski definition) is 2. The Morgan fingerprint density at radius 3 is 2.65 bits per heavy atom. The minimum absolute atomic E-state index is 0.0452. The molecule has 3 nitrogen and oxygen atoms in total. The quantitative estimate of drug-likeness (QED) is 0.850. The summed E-state index contributed by atoms with van der Waals surface area (Å²) in [7, 11) is 0. The second kappa shape index (κ2) is 3.91. The number of benzene rings is 1. The molecule has 0 spiro atoms. The van der Waals surface area contributed by atoms with Crippen molar-refractivity contribution in [3.63, 3.8) is 0 Å². The van der Waals surface area contributed by atoms with Gasteiger partial charge in [0.1, 0.15) is 0 Å². The first-order chi connectivity index (χ1) is 7.94. The summed E-state index contributed by atoms with van der Waals surface area (Å²) in [6.07, 6.45) is 1.92. The van der Waals surface area contributed by atoms with E-state index in [0.29, 0.717) is 0 Å². The molecule has 2 N–H and O–H groups in total. The molecule has 17 heavy (non-hydrogen) atoms. The van der Waals surface area contributed by atoms with Crippen LogP contribution in [-0.4, -0.2) is 16.1 Å². The van der Waals surface area contributed by atoms with E-state index in [1.807, 2.05) is 37.4 Å². The number of nitrogens with one attached hydrogen (secondary N) is 1. The van der Waals surface area contributed by atoms with Crippen molar-refractivity contribution >= 4 is 16.9 Å². The van der Waals surface area contributed by atoms with Gasteiger partial charge in [0.25, 0.3) is 0 Å². The van der Waals surface area contributed by atoms with E-state index < -0.39 is 11.4 Å². The molecular formula is C14H17NO2. The van der Waals surface area contributed by atoms with E-state index in [1.165, 1.54) is 0 Å². The second-order valence-corrected chi connectivity index (χ2v) is 5.04. The van der Waals surface area contributed by atoms with Gasteiger partial charge in [-0.3, -0.25) is 4.79 Å². The van der Waals surface area contributed by atoms with Gasteiger partial charge in [-0.15, -0.1) is 0 Å². The Labute approximate surface area is 100 Å². The zero-order valence-corrected chi connectivity index (χ0v) is 10.3. The van der Waals surface area contributed by atoms with E-state index in [1.54, 1.807) is 13.8 Å². The summed E-state index contributed by atoms with van der Waals surface area (Å²) < 4.78 is 0. The molecular weight excluding hydrogens is 214 g/mol. The molecule has 0 aliphatic rings. The zero-order valence-electron chi connectivity index (χ0n) is 10.3. The average Bonchev–Trinajstić information content (AvgIpc) is 2.71. The molecule has 90 valence electrons. The normalized spacial score (nSPS) is 13.8. The smallest absolute Gasteiger partial charge is 0.309 e. The Balaban J connectivity index is 2.50. The van der Waals surface area contributed by atoms with Crippen LogP contribution in [0.4, 0.5) is 0 Å². The third-order valence-corrected chi connectivity index (χ3v) is 3.72. The highest BCUT2D eigenvalue weighted by Crippen LogP contribution is 2.38. The molecule has 3 heteroatoms. The summed E-state index contributed by atoms with van der Waals surface area (Å²) in [5.41, 5.74) is 1.34. The molecule has 1 unspecified atom stereocenters. The number of H-pyrrole nitrogens is 1. The highest BCUT2D eigenvalue weighted by atomic mass is 16.4. The first-order valence-corrected chi connectivity index (χ1v) is 5.74. The number of carboxylic acids is 1. The molecule has 0 saturated carbocycles. The van der Waals surface area contributed by atoms with Crippen LogP contribution in [0, 0.1) is 5.41 Å². The van der Waals surface area contributed by atoms with Crippen molar-refractivity contribution in [2.24, 2.45) is 5.41 Å². The van der Waals surface area contributed by atoms with Crippen molar-refractivity contribution in [1.82, 2.24) is 4.98 Å². The van der Waals surface area contributed by atoms with Crippen molar-refractivity contribution in [2.45, 2.75) is 26.7 Å². The van der Waals surface area contributed by atoms with Gasteiger partial charge >= 0.3 is 5.97 Å². The fraction of sp³-hybridized carbons (Fsp3) is 0.357. The van der Waals surface area contributed by atoms with E-state index >= 15 is 0 Å². The number of rotatable bonds is 3. The zero-order chi connectivity index (χ0) is 12.6. The van der Waals surface area contributed by atoms with Crippen molar-refractivity contribution in [3.05, 3.63) is 36.0 Å². The molecule has 2 rings (SSSR count). The topological polar surface area (TPSA) is 53.1 Å². The summed E-state index contributed by atoms with van der Waals surface area (Å²) in [6, 6.07) is 7.96. The number of aromatic nitrogens is 1. The highest BCUT2D eigenvalue weighted by molar-refractivity contribution is 5.85. The van der Waals surface area contributed by atoms with E-state index in [-0.39, 0.29) is 5.92 Å². The van der Waals surface area contributed by atoms with E-state index in [4.69, 9.17) is 0 Å². The largest absolute Gasteiger partial charge is 0.481 e. The molecule has 1 aromatic carbocycles. The van der Waals surface area contributed by atoms with Crippen LogP contribution in [0.5, 0.6) is 0 Å². The SMILES string of the molecule is CC(c1c[nH]c2ccccc12)C(C)(C)C(=O)O. The predicted molar refractivity (Wildman–Crippen MR) is 68.1 cm³/mol. The first kappa shape index (κ1) is 11.7. The first-order valence-electron chi connectivity index (χ1n) is 5.74. The number of aliphatic carboxylic acids is 1. The Bertz CT molecular complexity index is 554. The molecule has 0 bridgehead atoms. The number of para-hydroxylation sites is 1. The third-order valence-electron chi connectivity index (χ3n) is 3.72. The van der Waals surface area contributed by atoms with Gasteiger partial charge in [-0.25, -0.2) is 0 Å². The van der Waals surface area contributed by atoms with Crippen LogP contribution < -0.4 is 0 Å². The number of carbonyl (C=O) groups is 1. The molecule has 0 saturated heterocycles. The van der Waals surface area contributed by atoms with Gasteiger partial charge < -0.3 is 10.1 Å². The lowest BCUT2D eigenvalue weighted by Gasteiger charge is -2.27. The fourth-order valence-corrected chi connectivity index (χ4v) is 2.03. The van der Waals surface area contributed by atoms with E-state index in [0.717, 1.165) is 16.5 Å². The van der Waals surface area contributed by atoms with Gasteiger partial charge in [0.2, 0.25) is 0 Å². The van der Waals surface area contributed by atoms with Crippen LogP contribution in [0.2, 0.25) is 0 Å². The third kappa shape index (κ3) is 1.82. The van der Waals surface area contributed by atoms with Crippen molar-refractivity contribution in [2.75, 3.05) is 0 Å². The molecule has 0 fully saturated rings. The molecule has 0 amide bonds. The average molecular weight is 231 g/mol. The highest BCUT2D eigenvalue weighted by Gasteiger charge is 2.35. The van der Waals surface area contributed by atoms with E-state index in [2.05, 4.69) is 4.98 Å². The van der Waals surface area contributed by atoms with Crippen LogP contribution in [0.15, 0.2) is 30.5 Å². The summed E-state index contributed by atoms with van der Waals surface area (Å²) in [5, 5.41) is 10.4. The maximum Gasteiger partial charge on any atom is 0.309 e. The maximum atomic E-state index is 11.3. The number of carboxylic acid groups (broad SMARTS) is 1. The van der Waals surface area contributed by atoms with Crippen molar-refractivity contribution < 1.29 is 9.90 Å². The number of aromatic amines is 1. The predicted octanol–water partition coefficient (Wildman–Crippen LogP) is 3.38. The minimum atomic E-state index is -0.773. The van der Waals surface area contributed by atoms with Gasteiger partial charge in [0.15, 0.2) is 0 Å². The molecule has 0 aliphatic heterocycles. The molecule has 0 radical (unpaired) electrons. The summed E-state index contributed by atoms with van der Waals surface area (Å²) >= 11 is 0. The molecule has 1 heterocycles. The lowest BCUT2D eigenvalue weighted by molar-refractivity contribution is -0.148. The van der Waals surface area contributed by atoms with Crippen LogP contribution in [0.1, 0.15) is 32.3 Å². The number of hydrogen-bond acceptors (Lipinski definition) is 1.